The monoisotopic (exact) mass is 515 g/mol. The van der Waals surface area contributed by atoms with Gasteiger partial charge in [-0.25, -0.2) is 9.59 Å². The fourth-order valence-electron chi connectivity index (χ4n) is 3.23. The van der Waals surface area contributed by atoms with Gasteiger partial charge in [0.2, 0.25) is 5.91 Å². The summed E-state index contributed by atoms with van der Waals surface area (Å²) in [7, 11) is 0. The molecule has 0 bridgehead atoms. The molecule has 0 saturated carbocycles. The van der Waals surface area contributed by atoms with E-state index in [-0.39, 0.29) is 43.7 Å². The van der Waals surface area contributed by atoms with Crippen LogP contribution in [-0.4, -0.2) is 63.8 Å². The van der Waals surface area contributed by atoms with E-state index in [1.807, 2.05) is 0 Å². The van der Waals surface area contributed by atoms with Crippen molar-refractivity contribution in [2.24, 2.45) is 5.92 Å². The number of thioether (sulfide) groups is 1. The van der Waals surface area contributed by atoms with E-state index in [1.54, 1.807) is 19.1 Å². The summed E-state index contributed by atoms with van der Waals surface area (Å²) in [5.41, 5.74) is 0.439. The molecular weight excluding hydrogens is 490 g/mol. The predicted octanol–water partition coefficient (Wildman–Crippen LogP) is 2.40. The molecule has 1 aliphatic heterocycles. The second-order valence-corrected chi connectivity index (χ2v) is 8.43. The topological polar surface area (TPSA) is 178 Å². The number of nitrogens with zero attached hydrogens (tertiary/aromatic N) is 3. The lowest BCUT2D eigenvalue weighted by molar-refractivity contribution is -0.763. The number of hydrogen-bond acceptors (Lipinski definition) is 12. The van der Waals surface area contributed by atoms with Crippen LogP contribution in [0.1, 0.15) is 31.7 Å². The van der Waals surface area contributed by atoms with Crippen molar-refractivity contribution in [3.8, 4) is 5.75 Å². The standard InChI is InChI=1S/C20H25N3O11S/c1-14(13-35-20(26)31-9-4-10-32-22(27)28)18(24)21-8-3-7-17(21)19(25)34-16-6-2-5-15(11-16)12-33-23(29)30/h2,5-6,11,14,17H,3-4,7-10,12-13H2,1H3/t14-,17+/m1/s1. The molecule has 0 aromatic heterocycles. The Kier molecular flexibility index (Phi) is 11.0. The molecule has 1 aliphatic rings. The molecule has 1 amide bonds. The molecule has 0 aliphatic carbocycles. The Balaban J connectivity index is 1.82. The van der Waals surface area contributed by atoms with E-state index in [1.165, 1.54) is 17.0 Å². The second kappa shape index (κ2) is 13.9. The van der Waals surface area contributed by atoms with E-state index < -0.39 is 33.4 Å². The van der Waals surface area contributed by atoms with Crippen LogP contribution < -0.4 is 4.74 Å². The van der Waals surface area contributed by atoms with E-state index in [0.29, 0.717) is 24.9 Å². The quantitative estimate of drug-likeness (QED) is 0.123. The summed E-state index contributed by atoms with van der Waals surface area (Å²) in [6.07, 6.45) is 1.18. The normalized spacial score (nSPS) is 15.7. The van der Waals surface area contributed by atoms with Crippen molar-refractivity contribution in [2.75, 3.05) is 25.5 Å². The van der Waals surface area contributed by atoms with Gasteiger partial charge in [-0.15, -0.1) is 20.2 Å². The fraction of sp³-hybridized carbons (Fsp3) is 0.550. The summed E-state index contributed by atoms with van der Waals surface area (Å²) < 4.78 is 10.3. The summed E-state index contributed by atoms with van der Waals surface area (Å²) in [4.78, 5) is 67.6. The zero-order valence-corrected chi connectivity index (χ0v) is 19.7. The van der Waals surface area contributed by atoms with Crippen molar-refractivity contribution in [3.63, 3.8) is 0 Å². The smallest absolute Gasteiger partial charge is 0.367 e. The van der Waals surface area contributed by atoms with E-state index in [2.05, 4.69) is 9.68 Å². The zero-order chi connectivity index (χ0) is 25.8. The average Bonchev–Trinajstić information content (AvgIpc) is 3.30. The molecule has 1 aromatic rings. The Morgan fingerprint density at radius 1 is 1.17 bits per heavy atom. The van der Waals surface area contributed by atoms with Gasteiger partial charge < -0.3 is 24.0 Å². The average molecular weight is 515 g/mol. The fourth-order valence-corrected chi connectivity index (χ4v) is 3.92. The molecule has 0 N–H and O–H groups in total. The number of carbonyl (C=O) groups is 3. The van der Waals surface area contributed by atoms with Gasteiger partial charge in [-0.2, -0.15) is 0 Å². The molecule has 1 aromatic carbocycles. The molecular formula is C20H25N3O11S. The highest BCUT2D eigenvalue weighted by atomic mass is 32.2. The molecule has 2 atom stereocenters. The molecule has 1 heterocycles. The van der Waals surface area contributed by atoms with Gasteiger partial charge in [0.1, 0.15) is 18.4 Å². The van der Waals surface area contributed by atoms with Crippen LogP contribution in [0.2, 0.25) is 0 Å². The minimum Gasteiger partial charge on any atom is -0.458 e. The van der Waals surface area contributed by atoms with Gasteiger partial charge in [0, 0.05) is 24.6 Å². The van der Waals surface area contributed by atoms with Gasteiger partial charge >= 0.3 is 11.3 Å². The van der Waals surface area contributed by atoms with E-state index in [9.17, 15) is 34.6 Å². The van der Waals surface area contributed by atoms with Crippen LogP contribution in [-0.2, 0) is 30.6 Å². The van der Waals surface area contributed by atoms with Gasteiger partial charge in [0.15, 0.2) is 0 Å². The maximum Gasteiger partial charge on any atom is 0.367 e. The van der Waals surface area contributed by atoms with Gasteiger partial charge in [0.25, 0.3) is 10.2 Å². The van der Waals surface area contributed by atoms with Crippen molar-refractivity contribution >= 4 is 28.9 Å². The molecule has 15 heteroatoms. The van der Waals surface area contributed by atoms with Crippen LogP contribution in [0.3, 0.4) is 0 Å². The first-order valence-corrected chi connectivity index (χ1v) is 11.6. The molecule has 192 valence electrons. The number of hydrogen-bond donors (Lipinski definition) is 0. The van der Waals surface area contributed by atoms with Crippen LogP contribution >= 0.6 is 11.8 Å². The summed E-state index contributed by atoms with van der Waals surface area (Å²) in [5.74, 6) is -1.22. The van der Waals surface area contributed by atoms with Gasteiger partial charge in [-0.3, -0.25) is 4.79 Å². The van der Waals surface area contributed by atoms with Crippen LogP contribution in [0.25, 0.3) is 0 Å². The van der Waals surface area contributed by atoms with Crippen LogP contribution in [0, 0.1) is 26.1 Å². The minimum atomic E-state index is -0.934. The van der Waals surface area contributed by atoms with Crippen molar-refractivity contribution in [1.29, 1.82) is 0 Å². The molecule has 1 fully saturated rings. The maximum atomic E-state index is 12.9. The largest absolute Gasteiger partial charge is 0.458 e. The van der Waals surface area contributed by atoms with Crippen LogP contribution in [0.5, 0.6) is 5.75 Å². The molecule has 14 nitrogen and oxygen atoms in total. The number of carbonyl (C=O) groups excluding carboxylic acids is 3. The molecule has 1 saturated heterocycles. The first-order valence-electron chi connectivity index (χ1n) is 10.6. The Bertz CT molecular complexity index is 929. The molecule has 0 unspecified atom stereocenters. The highest BCUT2D eigenvalue weighted by molar-refractivity contribution is 8.13. The van der Waals surface area contributed by atoms with Gasteiger partial charge in [-0.05, 0) is 42.3 Å². The Labute approximate surface area is 204 Å². The molecule has 0 radical (unpaired) electrons. The summed E-state index contributed by atoms with van der Waals surface area (Å²) in [6, 6.07) is 5.31. The zero-order valence-electron chi connectivity index (χ0n) is 18.9. The minimum absolute atomic E-state index is 0.0542. The number of benzene rings is 1. The number of rotatable bonds is 13. The first-order chi connectivity index (χ1) is 16.7. The summed E-state index contributed by atoms with van der Waals surface area (Å²) >= 11 is 0.797. The van der Waals surface area contributed by atoms with Gasteiger partial charge in [0.05, 0.1) is 13.2 Å². The molecule has 2 rings (SSSR count). The lowest BCUT2D eigenvalue weighted by Crippen LogP contribution is -2.45. The third-order valence-electron chi connectivity index (χ3n) is 4.84. The van der Waals surface area contributed by atoms with Crippen molar-refractivity contribution in [3.05, 3.63) is 50.1 Å². The summed E-state index contributed by atoms with van der Waals surface area (Å²) in [5, 5.41) is 17.9. The molecule has 35 heavy (non-hydrogen) atoms. The van der Waals surface area contributed by atoms with E-state index in [4.69, 9.17) is 9.47 Å². The third-order valence-corrected chi connectivity index (χ3v) is 5.86. The van der Waals surface area contributed by atoms with E-state index in [0.717, 1.165) is 11.8 Å². The first kappa shape index (κ1) is 27.6. The second-order valence-electron chi connectivity index (χ2n) is 7.48. The van der Waals surface area contributed by atoms with Gasteiger partial charge in [-0.1, -0.05) is 19.1 Å². The van der Waals surface area contributed by atoms with Crippen molar-refractivity contribution < 1.29 is 43.7 Å². The van der Waals surface area contributed by atoms with Crippen molar-refractivity contribution in [1.82, 2.24) is 4.90 Å². The Hall–Kier alpha value is -3.62. The maximum absolute atomic E-state index is 12.9. The number of likely N-dealkylation sites (tertiary alicyclic amines) is 1. The van der Waals surface area contributed by atoms with E-state index >= 15 is 0 Å². The van der Waals surface area contributed by atoms with Crippen LogP contribution in [0.4, 0.5) is 4.79 Å². The highest BCUT2D eigenvalue weighted by Gasteiger charge is 2.37. The van der Waals surface area contributed by atoms with Crippen molar-refractivity contribution in [2.45, 2.75) is 38.8 Å². The summed E-state index contributed by atoms with van der Waals surface area (Å²) in [6.45, 7) is 1.46. The number of amides is 1. The Morgan fingerprint density at radius 3 is 2.63 bits per heavy atom. The number of esters is 1. The lowest BCUT2D eigenvalue weighted by atomic mass is 10.1. The highest BCUT2D eigenvalue weighted by Crippen LogP contribution is 2.24. The Morgan fingerprint density at radius 2 is 1.91 bits per heavy atom. The van der Waals surface area contributed by atoms with Crippen LogP contribution in [0.15, 0.2) is 24.3 Å². The third kappa shape index (κ3) is 9.64. The predicted molar refractivity (Wildman–Crippen MR) is 119 cm³/mol. The number of ether oxygens (including phenoxy) is 2. The molecule has 0 spiro atoms. The SMILES string of the molecule is C[C@H](CSC(=O)OCCCO[N+](=O)[O-])C(=O)N1CCC[C@H]1C(=O)Oc1cccc(CO[N+](=O)[O-])c1. The lowest BCUT2D eigenvalue weighted by Gasteiger charge is -2.26.